The van der Waals surface area contributed by atoms with Crippen molar-refractivity contribution in [3.8, 4) is 5.75 Å². The monoisotopic (exact) mass is 210 g/mol. The molecule has 1 aromatic carbocycles. The number of carbonyl (C=O) groups is 1. The second-order valence-corrected chi connectivity index (χ2v) is 3.38. The lowest BCUT2D eigenvalue weighted by molar-refractivity contribution is -0.158. The zero-order chi connectivity index (χ0) is 11.3. The standard InChI is InChI=1S/C11H14O4/c1-11(8-14-2,10(12)13)15-9-6-4-3-5-7-9/h3-7H,8H2,1-2H3,(H,12,13). The zero-order valence-corrected chi connectivity index (χ0v) is 8.77. The van der Waals surface area contributed by atoms with E-state index in [0.717, 1.165) is 0 Å². The van der Waals surface area contributed by atoms with Gasteiger partial charge in [0, 0.05) is 7.11 Å². The van der Waals surface area contributed by atoms with Crippen LogP contribution >= 0.6 is 0 Å². The van der Waals surface area contributed by atoms with E-state index in [1.54, 1.807) is 24.3 Å². The first-order valence-corrected chi connectivity index (χ1v) is 4.55. The van der Waals surface area contributed by atoms with Crippen molar-refractivity contribution >= 4 is 5.97 Å². The number of rotatable bonds is 5. The van der Waals surface area contributed by atoms with Gasteiger partial charge in [0.2, 0.25) is 5.60 Å². The molecular weight excluding hydrogens is 196 g/mol. The van der Waals surface area contributed by atoms with Crippen molar-refractivity contribution < 1.29 is 19.4 Å². The fourth-order valence-corrected chi connectivity index (χ4v) is 1.16. The van der Waals surface area contributed by atoms with Gasteiger partial charge in [-0.05, 0) is 19.1 Å². The third-order valence-corrected chi connectivity index (χ3v) is 1.96. The Morgan fingerprint density at radius 1 is 1.40 bits per heavy atom. The molecule has 1 N–H and O–H groups in total. The van der Waals surface area contributed by atoms with E-state index in [2.05, 4.69) is 0 Å². The maximum Gasteiger partial charge on any atom is 0.350 e. The van der Waals surface area contributed by atoms with Gasteiger partial charge in [-0.25, -0.2) is 4.79 Å². The van der Waals surface area contributed by atoms with E-state index in [9.17, 15) is 4.79 Å². The number of hydrogen-bond acceptors (Lipinski definition) is 3. The van der Waals surface area contributed by atoms with Crippen LogP contribution in [0.1, 0.15) is 6.92 Å². The van der Waals surface area contributed by atoms with Crippen LogP contribution in [0.4, 0.5) is 0 Å². The Balaban J connectivity index is 2.80. The molecule has 0 amide bonds. The minimum Gasteiger partial charge on any atom is -0.478 e. The van der Waals surface area contributed by atoms with Gasteiger partial charge >= 0.3 is 5.97 Å². The van der Waals surface area contributed by atoms with Crippen molar-refractivity contribution in [3.63, 3.8) is 0 Å². The zero-order valence-electron chi connectivity index (χ0n) is 8.77. The number of hydrogen-bond donors (Lipinski definition) is 1. The van der Waals surface area contributed by atoms with Gasteiger partial charge in [-0.15, -0.1) is 0 Å². The van der Waals surface area contributed by atoms with Crippen LogP contribution in [0.25, 0.3) is 0 Å². The van der Waals surface area contributed by atoms with Gasteiger partial charge in [0.1, 0.15) is 5.75 Å². The average Bonchev–Trinajstić information content (AvgIpc) is 2.19. The predicted octanol–water partition coefficient (Wildman–Crippen LogP) is 1.56. The Bertz CT molecular complexity index is 323. The molecule has 0 fully saturated rings. The molecule has 1 rings (SSSR count). The second-order valence-electron chi connectivity index (χ2n) is 3.38. The van der Waals surface area contributed by atoms with Crippen LogP contribution in [0.3, 0.4) is 0 Å². The highest BCUT2D eigenvalue weighted by molar-refractivity contribution is 5.77. The summed E-state index contributed by atoms with van der Waals surface area (Å²) in [4.78, 5) is 11.0. The molecule has 0 aliphatic rings. The fourth-order valence-electron chi connectivity index (χ4n) is 1.16. The van der Waals surface area contributed by atoms with Crippen LogP contribution in [-0.4, -0.2) is 30.4 Å². The van der Waals surface area contributed by atoms with E-state index < -0.39 is 11.6 Å². The van der Waals surface area contributed by atoms with Gasteiger partial charge in [-0.3, -0.25) is 0 Å². The Hall–Kier alpha value is -1.55. The number of aliphatic carboxylic acids is 1. The Kier molecular flexibility index (Phi) is 3.68. The first kappa shape index (κ1) is 11.5. The van der Waals surface area contributed by atoms with Crippen molar-refractivity contribution in [2.24, 2.45) is 0 Å². The number of carboxylic acids is 1. The molecular formula is C11H14O4. The van der Waals surface area contributed by atoms with Crippen LogP contribution in [0.5, 0.6) is 5.75 Å². The summed E-state index contributed by atoms with van der Waals surface area (Å²) in [6, 6.07) is 8.81. The van der Waals surface area contributed by atoms with Crippen molar-refractivity contribution in [1.82, 2.24) is 0 Å². The summed E-state index contributed by atoms with van der Waals surface area (Å²) < 4.78 is 10.2. The van der Waals surface area contributed by atoms with Crippen LogP contribution in [0, 0.1) is 0 Å². The van der Waals surface area contributed by atoms with E-state index in [0.29, 0.717) is 5.75 Å². The van der Waals surface area contributed by atoms with Crippen molar-refractivity contribution in [2.45, 2.75) is 12.5 Å². The van der Waals surface area contributed by atoms with E-state index in [1.807, 2.05) is 6.07 Å². The molecule has 0 radical (unpaired) electrons. The smallest absolute Gasteiger partial charge is 0.350 e. The number of carboxylic acid groups (broad SMARTS) is 1. The number of benzene rings is 1. The molecule has 0 spiro atoms. The maximum atomic E-state index is 11.0. The van der Waals surface area contributed by atoms with E-state index >= 15 is 0 Å². The molecule has 1 unspecified atom stereocenters. The molecule has 0 heterocycles. The van der Waals surface area contributed by atoms with E-state index in [-0.39, 0.29) is 6.61 Å². The summed E-state index contributed by atoms with van der Waals surface area (Å²) in [6.07, 6.45) is 0. The fraction of sp³-hybridized carbons (Fsp3) is 0.364. The lowest BCUT2D eigenvalue weighted by Gasteiger charge is -2.25. The largest absolute Gasteiger partial charge is 0.478 e. The maximum absolute atomic E-state index is 11.0. The molecule has 0 aliphatic heterocycles. The van der Waals surface area contributed by atoms with Gasteiger partial charge in [-0.2, -0.15) is 0 Å². The van der Waals surface area contributed by atoms with E-state index in [4.69, 9.17) is 14.6 Å². The van der Waals surface area contributed by atoms with Gasteiger partial charge in [-0.1, -0.05) is 18.2 Å². The van der Waals surface area contributed by atoms with E-state index in [1.165, 1.54) is 14.0 Å². The molecule has 15 heavy (non-hydrogen) atoms. The number of ether oxygens (including phenoxy) is 2. The second kappa shape index (κ2) is 4.79. The summed E-state index contributed by atoms with van der Waals surface area (Å²) in [5.74, 6) is -0.535. The molecule has 82 valence electrons. The highest BCUT2D eigenvalue weighted by atomic mass is 16.6. The molecule has 0 aliphatic carbocycles. The van der Waals surface area contributed by atoms with Gasteiger partial charge in [0.05, 0.1) is 6.61 Å². The van der Waals surface area contributed by atoms with Crippen molar-refractivity contribution in [2.75, 3.05) is 13.7 Å². The quantitative estimate of drug-likeness (QED) is 0.801. The Labute approximate surface area is 88.4 Å². The van der Waals surface area contributed by atoms with Gasteiger partial charge in [0.25, 0.3) is 0 Å². The molecule has 0 saturated carbocycles. The highest BCUT2D eigenvalue weighted by Gasteiger charge is 2.35. The van der Waals surface area contributed by atoms with Crippen LogP contribution in [0.15, 0.2) is 30.3 Å². The highest BCUT2D eigenvalue weighted by Crippen LogP contribution is 2.18. The molecule has 1 atom stereocenters. The summed E-state index contributed by atoms with van der Waals surface area (Å²) in [5.41, 5.74) is -1.35. The van der Waals surface area contributed by atoms with Crippen molar-refractivity contribution in [1.29, 1.82) is 0 Å². The van der Waals surface area contributed by atoms with Gasteiger partial charge < -0.3 is 14.6 Å². The first-order valence-electron chi connectivity index (χ1n) is 4.55. The molecule has 0 aromatic heterocycles. The SMILES string of the molecule is COCC(C)(Oc1ccccc1)C(=O)O. The summed E-state index contributed by atoms with van der Waals surface area (Å²) >= 11 is 0. The molecule has 4 nitrogen and oxygen atoms in total. The van der Waals surface area contributed by atoms with Gasteiger partial charge in [0.15, 0.2) is 0 Å². The summed E-state index contributed by atoms with van der Waals surface area (Å²) in [7, 11) is 1.44. The van der Waals surface area contributed by atoms with Crippen molar-refractivity contribution in [3.05, 3.63) is 30.3 Å². The summed E-state index contributed by atoms with van der Waals surface area (Å²) in [5, 5.41) is 9.02. The summed E-state index contributed by atoms with van der Waals surface area (Å²) in [6.45, 7) is 1.48. The molecule has 0 bridgehead atoms. The normalized spacial score (nSPS) is 14.3. The van der Waals surface area contributed by atoms with Crippen LogP contribution < -0.4 is 4.74 Å². The topological polar surface area (TPSA) is 55.8 Å². The molecule has 4 heteroatoms. The predicted molar refractivity (Wildman–Crippen MR) is 55.0 cm³/mol. The number of methoxy groups -OCH3 is 1. The average molecular weight is 210 g/mol. The third kappa shape index (κ3) is 2.95. The van der Waals surface area contributed by atoms with Crippen LogP contribution in [0.2, 0.25) is 0 Å². The number of para-hydroxylation sites is 1. The minimum atomic E-state index is -1.35. The lowest BCUT2D eigenvalue weighted by atomic mass is 10.1. The molecule has 0 saturated heterocycles. The van der Waals surface area contributed by atoms with Crippen LogP contribution in [-0.2, 0) is 9.53 Å². The Morgan fingerprint density at radius 2 is 2.00 bits per heavy atom. The minimum absolute atomic E-state index is 0.00275. The molecule has 1 aromatic rings. The Morgan fingerprint density at radius 3 is 2.47 bits per heavy atom. The lowest BCUT2D eigenvalue weighted by Crippen LogP contribution is -2.45. The first-order chi connectivity index (χ1) is 7.08. The third-order valence-electron chi connectivity index (χ3n) is 1.96.